The van der Waals surface area contributed by atoms with Gasteiger partial charge in [0.2, 0.25) is 0 Å². The molecule has 0 fully saturated rings. The van der Waals surface area contributed by atoms with Gasteiger partial charge in [-0.15, -0.1) is 0 Å². The number of rotatable bonds is 8. The summed E-state index contributed by atoms with van der Waals surface area (Å²) in [6, 6.07) is 14.3. The van der Waals surface area contributed by atoms with Gasteiger partial charge in [0, 0.05) is 48.2 Å². The highest BCUT2D eigenvalue weighted by atomic mass is 32.2. The number of phenols is 2. The zero-order valence-electron chi connectivity index (χ0n) is 12.8. The Morgan fingerprint density at radius 1 is 0.739 bits per heavy atom. The molecule has 0 unspecified atom stereocenters. The van der Waals surface area contributed by atoms with E-state index in [-0.39, 0.29) is 11.5 Å². The molecule has 0 atom stereocenters. The third-order valence-corrected chi connectivity index (χ3v) is 4.01. The highest BCUT2D eigenvalue weighted by Crippen LogP contribution is 2.13. The van der Waals surface area contributed by atoms with E-state index in [1.54, 1.807) is 48.5 Å². The molecule has 0 spiro atoms. The number of para-hydroxylation sites is 2. The zero-order chi connectivity index (χ0) is 16.3. The maximum Gasteiger partial charge on any atom is 0.124 e. The maximum atomic E-state index is 9.59. The van der Waals surface area contributed by atoms with Crippen LogP contribution in [0.4, 0.5) is 0 Å². The third kappa shape index (κ3) is 6.16. The molecule has 5 heteroatoms. The van der Waals surface area contributed by atoms with E-state index < -0.39 is 0 Å². The van der Waals surface area contributed by atoms with Gasteiger partial charge in [-0.1, -0.05) is 24.3 Å². The van der Waals surface area contributed by atoms with Gasteiger partial charge in [0.15, 0.2) is 0 Å². The quantitative estimate of drug-likeness (QED) is 0.577. The smallest absolute Gasteiger partial charge is 0.124 e. The number of aromatic hydroxyl groups is 2. The normalized spacial score (nSPS) is 11.5. The first kappa shape index (κ1) is 17.1. The maximum absolute atomic E-state index is 9.59. The van der Waals surface area contributed by atoms with Crippen LogP contribution in [0.15, 0.2) is 58.5 Å². The molecule has 0 saturated heterocycles. The van der Waals surface area contributed by atoms with Crippen molar-refractivity contribution in [3.8, 4) is 11.5 Å². The first-order valence-corrected chi connectivity index (χ1v) is 8.56. The second-order valence-electron chi connectivity index (χ2n) is 4.80. The molecule has 0 heterocycles. The van der Waals surface area contributed by atoms with Crippen molar-refractivity contribution in [1.82, 2.24) is 0 Å². The summed E-state index contributed by atoms with van der Waals surface area (Å²) in [5.41, 5.74) is 1.48. The molecule has 23 heavy (non-hydrogen) atoms. The van der Waals surface area contributed by atoms with Crippen LogP contribution in [0.3, 0.4) is 0 Å². The Kier molecular flexibility index (Phi) is 7.20. The summed E-state index contributed by atoms with van der Waals surface area (Å²) >= 11 is 1.78. The summed E-state index contributed by atoms with van der Waals surface area (Å²) in [4.78, 5) is 8.60. The average molecular weight is 328 g/mol. The van der Waals surface area contributed by atoms with Crippen molar-refractivity contribution in [1.29, 1.82) is 0 Å². The Hall–Kier alpha value is -2.27. The lowest BCUT2D eigenvalue weighted by Crippen LogP contribution is -1.93. The second-order valence-corrected chi connectivity index (χ2v) is 6.03. The molecule has 2 aromatic rings. The van der Waals surface area contributed by atoms with E-state index in [2.05, 4.69) is 9.98 Å². The summed E-state index contributed by atoms with van der Waals surface area (Å²) in [6.07, 6.45) is 3.40. The van der Waals surface area contributed by atoms with Crippen LogP contribution in [0.5, 0.6) is 11.5 Å². The third-order valence-electron chi connectivity index (χ3n) is 3.06. The van der Waals surface area contributed by atoms with Crippen molar-refractivity contribution in [2.24, 2.45) is 9.98 Å². The van der Waals surface area contributed by atoms with E-state index >= 15 is 0 Å². The van der Waals surface area contributed by atoms with Gasteiger partial charge in [0.1, 0.15) is 11.5 Å². The van der Waals surface area contributed by atoms with E-state index in [9.17, 15) is 10.2 Å². The van der Waals surface area contributed by atoms with E-state index in [0.717, 1.165) is 22.6 Å². The van der Waals surface area contributed by atoms with Crippen molar-refractivity contribution in [3.63, 3.8) is 0 Å². The van der Waals surface area contributed by atoms with Crippen molar-refractivity contribution in [2.75, 3.05) is 24.6 Å². The Labute approximate surface area is 140 Å². The lowest BCUT2D eigenvalue weighted by molar-refractivity contribution is 0.474. The first-order chi connectivity index (χ1) is 11.3. The van der Waals surface area contributed by atoms with Crippen LogP contribution in [-0.4, -0.2) is 47.2 Å². The predicted molar refractivity (Wildman–Crippen MR) is 98.5 cm³/mol. The van der Waals surface area contributed by atoms with Crippen molar-refractivity contribution >= 4 is 24.2 Å². The molecule has 120 valence electrons. The van der Waals surface area contributed by atoms with Crippen LogP contribution < -0.4 is 0 Å². The fraction of sp³-hybridized carbons (Fsp3) is 0.222. The summed E-state index contributed by atoms with van der Waals surface area (Å²) < 4.78 is 0. The number of aliphatic imine (C=N–C) groups is 2. The van der Waals surface area contributed by atoms with E-state index in [4.69, 9.17) is 0 Å². The molecule has 0 aliphatic carbocycles. The molecular formula is C18H20N2O2S. The molecule has 0 saturated carbocycles. The van der Waals surface area contributed by atoms with Crippen LogP contribution in [0, 0.1) is 0 Å². The van der Waals surface area contributed by atoms with Gasteiger partial charge in [-0.05, 0) is 24.3 Å². The van der Waals surface area contributed by atoms with E-state index in [1.807, 2.05) is 24.3 Å². The van der Waals surface area contributed by atoms with E-state index in [1.165, 1.54) is 0 Å². The number of hydrogen-bond acceptors (Lipinski definition) is 5. The summed E-state index contributed by atoms with van der Waals surface area (Å²) in [5, 5.41) is 19.2. The SMILES string of the molecule is Oc1ccccc1C=NCCSCCN=Cc1ccccc1O. The summed E-state index contributed by atoms with van der Waals surface area (Å²) in [7, 11) is 0. The minimum absolute atomic E-state index is 0.252. The summed E-state index contributed by atoms with van der Waals surface area (Å²) in [6.45, 7) is 1.42. The molecule has 0 radical (unpaired) electrons. The molecule has 0 aliphatic heterocycles. The molecule has 0 amide bonds. The monoisotopic (exact) mass is 328 g/mol. The molecule has 2 N–H and O–H groups in total. The highest BCUT2D eigenvalue weighted by molar-refractivity contribution is 7.99. The Morgan fingerprint density at radius 3 is 1.61 bits per heavy atom. The van der Waals surface area contributed by atoms with Gasteiger partial charge >= 0.3 is 0 Å². The molecule has 2 aromatic carbocycles. The van der Waals surface area contributed by atoms with Crippen LogP contribution in [0.25, 0.3) is 0 Å². The van der Waals surface area contributed by atoms with Gasteiger partial charge in [-0.2, -0.15) is 11.8 Å². The van der Waals surface area contributed by atoms with E-state index in [0.29, 0.717) is 13.1 Å². The zero-order valence-corrected chi connectivity index (χ0v) is 13.6. The number of hydrogen-bond donors (Lipinski definition) is 2. The fourth-order valence-corrected chi connectivity index (χ4v) is 2.53. The average Bonchev–Trinajstić information content (AvgIpc) is 2.56. The Balaban J connectivity index is 1.60. The minimum Gasteiger partial charge on any atom is -0.507 e. The van der Waals surface area contributed by atoms with Gasteiger partial charge in [0.25, 0.3) is 0 Å². The Morgan fingerprint density at radius 2 is 1.17 bits per heavy atom. The number of nitrogens with zero attached hydrogens (tertiary/aromatic N) is 2. The van der Waals surface area contributed by atoms with Crippen molar-refractivity contribution < 1.29 is 10.2 Å². The summed E-state index contributed by atoms with van der Waals surface area (Å²) in [5.74, 6) is 2.33. The molecule has 0 aliphatic rings. The predicted octanol–water partition coefficient (Wildman–Crippen LogP) is 3.37. The van der Waals surface area contributed by atoms with Crippen LogP contribution in [0.1, 0.15) is 11.1 Å². The minimum atomic E-state index is 0.252. The molecule has 4 nitrogen and oxygen atoms in total. The second kappa shape index (κ2) is 9.69. The van der Waals surface area contributed by atoms with Crippen LogP contribution in [0.2, 0.25) is 0 Å². The van der Waals surface area contributed by atoms with Crippen LogP contribution in [-0.2, 0) is 0 Å². The highest BCUT2D eigenvalue weighted by Gasteiger charge is 1.95. The molecular weight excluding hydrogens is 308 g/mol. The number of thioether (sulfide) groups is 1. The van der Waals surface area contributed by atoms with Gasteiger partial charge in [0.05, 0.1) is 0 Å². The molecule has 2 rings (SSSR count). The van der Waals surface area contributed by atoms with Gasteiger partial charge in [-0.3, -0.25) is 9.98 Å². The lowest BCUT2D eigenvalue weighted by atomic mass is 10.2. The largest absolute Gasteiger partial charge is 0.507 e. The van der Waals surface area contributed by atoms with Crippen LogP contribution >= 0.6 is 11.8 Å². The fourth-order valence-electron chi connectivity index (χ4n) is 1.86. The lowest BCUT2D eigenvalue weighted by Gasteiger charge is -1.99. The molecule has 0 bridgehead atoms. The molecule has 0 aromatic heterocycles. The van der Waals surface area contributed by atoms with Crippen molar-refractivity contribution in [2.45, 2.75) is 0 Å². The first-order valence-electron chi connectivity index (χ1n) is 7.41. The van der Waals surface area contributed by atoms with Crippen molar-refractivity contribution in [3.05, 3.63) is 59.7 Å². The Bertz CT molecular complexity index is 614. The van der Waals surface area contributed by atoms with Gasteiger partial charge in [-0.25, -0.2) is 0 Å². The van der Waals surface area contributed by atoms with Gasteiger partial charge < -0.3 is 10.2 Å². The topological polar surface area (TPSA) is 65.2 Å². The number of phenolic OH excluding ortho intramolecular Hbond substituents is 2. The standard InChI is InChI=1S/C18H20N2O2S/c21-17-7-3-1-5-15(17)13-19-9-11-23-12-10-20-14-16-6-2-4-8-18(16)22/h1-8,13-14,21-22H,9-12H2. The number of benzene rings is 2.